The summed E-state index contributed by atoms with van der Waals surface area (Å²) < 4.78 is 0. The van der Waals surface area contributed by atoms with E-state index in [9.17, 15) is 9.59 Å². The van der Waals surface area contributed by atoms with Gasteiger partial charge in [0.05, 0.1) is 6.42 Å². The van der Waals surface area contributed by atoms with Crippen molar-refractivity contribution in [3.63, 3.8) is 0 Å². The number of benzene rings is 2. The number of hydrogen-bond donors (Lipinski definition) is 2. The highest BCUT2D eigenvalue weighted by Gasteiger charge is 2.08. The Bertz CT molecular complexity index is 770. The van der Waals surface area contributed by atoms with Crippen molar-refractivity contribution in [1.29, 1.82) is 0 Å². The lowest BCUT2D eigenvalue weighted by Crippen LogP contribution is -2.22. The molecule has 124 valence electrons. The van der Waals surface area contributed by atoms with Gasteiger partial charge >= 0.3 is 0 Å². The van der Waals surface area contributed by atoms with Crippen molar-refractivity contribution in [2.24, 2.45) is 5.10 Å². The van der Waals surface area contributed by atoms with Gasteiger partial charge in [-0.3, -0.25) is 9.59 Å². The summed E-state index contributed by atoms with van der Waals surface area (Å²) in [7, 11) is 0. The molecule has 5 nitrogen and oxygen atoms in total. The van der Waals surface area contributed by atoms with Crippen molar-refractivity contribution < 1.29 is 9.59 Å². The minimum absolute atomic E-state index is 0.0800. The number of nitrogens with one attached hydrogen (secondary N) is 2. The molecular formula is C18H18ClN3O2. The molecule has 24 heavy (non-hydrogen) atoms. The van der Waals surface area contributed by atoms with Crippen LogP contribution in [0.25, 0.3) is 0 Å². The molecule has 2 amide bonds. The van der Waals surface area contributed by atoms with Crippen LogP contribution in [0, 0.1) is 6.92 Å². The number of hydrazone groups is 1. The smallest absolute Gasteiger partial charge is 0.271 e. The highest BCUT2D eigenvalue weighted by Crippen LogP contribution is 2.13. The van der Waals surface area contributed by atoms with Gasteiger partial charge in [0.15, 0.2) is 0 Å². The molecule has 6 heteroatoms. The molecular weight excluding hydrogens is 326 g/mol. The Morgan fingerprint density at radius 3 is 2.42 bits per heavy atom. The molecule has 0 radical (unpaired) electrons. The van der Waals surface area contributed by atoms with E-state index in [2.05, 4.69) is 15.8 Å². The first-order valence-corrected chi connectivity index (χ1v) is 7.78. The Kier molecular flexibility index (Phi) is 6.09. The Balaban J connectivity index is 1.89. The van der Waals surface area contributed by atoms with Crippen LogP contribution in [0.15, 0.2) is 53.6 Å². The largest absolute Gasteiger partial charge is 0.326 e. The first-order valence-electron chi connectivity index (χ1n) is 7.40. The van der Waals surface area contributed by atoms with Crippen LogP contribution in [0.2, 0.25) is 5.02 Å². The van der Waals surface area contributed by atoms with Gasteiger partial charge in [-0.15, -0.1) is 0 Å². The van der Waals surface area contributed by atoms with E-state index in [-0.39, 0.29) is 18.2 Å². The molecule has 0 unspecified atom stereocenters. The second-order valence-electron chi connectivity index (χ2n) is 5.33. The van der Waals surface area contributed by atoms with Gasteiger partial charge in [-0.05, 0) is 49.7 Å². The number of aryl methyl sites for hydroxylation is 1. The molecule has 2 N–H and O–H groups in total. The molecule has 0 heterocycles. The standard InChI is InChI=1S/C18H18ClN3O2/c1-12-5-3-4-6-16(12)18(24)22-21-13(2)11-17(23)20-15-9-7-14(19)8-10-15/h3-10H,11H2,1-2H3,(H,20,23)(H,22,24)/b21-13-. The van der Waals surface area contributed by atoms with Crippen LogP contribution in [0.5, 0.6) is 0 Å². The summed E-state index contributed by atoms with van der Waals surface area (Å²) in [5, 5.41) is 7.31. The third-order valence-corrected chi connectivity index (χ3v) is 3.53. The summed E-state index contributed by atoms with van der Waals surface area (Å²) in [6, 6.07) is 14.0. The lowest BCUT2D eigenvalue weighted by molar-refractivity contribution is -0.115. The lowest BCUT2D eigenvalue weighted by Gasteiger charge is -2.06. The zero-order chi connectivity index (χ0) is 17.5. The normalized spacial score (nSPS) is 11.0. The van der Waals surface area contributed by atoms with Crippen molar-refractivity contribution >= 4 is 34.8 Å². The zero-order valence-electron chi connectivity index (χ0n) is 13.5. The Morgan fingerprint density at radius 1 is 1.08 bits per heavy atom. The van der Waals surface area contributed by atoms with Crippen LogP contribution < -0.4 is 10.7 Å². The molecule has 0 fully saturated rings. The number of anilines is 1. The summed E-state index contributed by atoms with van der Waals surface area (Å²) in [5.41, 5.74) is 5.04. The summed E-state index contributed by atoms with van der Waals surface area (Å²) in [5.74, 6) is -0.519. The molecule has 2 aromatic rings. The minimum Gasteiger partial charge on any atom is -0.326 e. The van der Waals surface area contributed by atoms with Gasteiger partial charge < -0.3 is 5.32 Å². The summed E-state index contributed by atoms with van der Waals surface area (Å²) >= 11 is 5.79. The van der Waals surface area contributed by atoms with Gasteiger partial charge in [-0.2, -0.15) is 5.10 Å². The SMILES string of the molecule is C/C(CC(=O)Nc1ccc(Cl)cc1)=N/NC(=O)c1ccccc1C. The first-order chi connectivity index (χ1) is 11.5. The van der Waals surface area contributed by atoms with E-state index < -0.39 is 0 Å². The molecule has 0 aromatic heterocycles. The van der Waals surface area contributed by atoms with Crippen LogP contribution in [0.3, 0.4) is 0 Å². The molecule has 0 atom stereocenters. The Labute approximate surface area is 145 Å². The van der Waals surface area contributed by atoms with Gasteiger partial charge in [0.25, 0.3) is 5.91 Å². The molecule has 0 aliphatic heterocycles. The summed E-state index contributed by atoms with van der Waals surface area (Å²) in [6.45, 7) is 3.53. The van der Waals surface area contributed by atoms with Gasteiger partial charge in [0.2, 0.25) is 5.91 Å². The van der Waals surface area contributed by atoms with Crippen LogP contribution >= 0.6 is 11.6 Å². The van der Waals surface area contributed by atoms with Crippen molar-refractivity contribution in [2.75, 3.05) is 5.32 Å². The molecule has 0 saturated carbocycles. The van der Waals surface area contributed by atoms with Gasteiger partial charge in [-0.25, -0.2) is 5.43 Å². The maximum atomic E-state index is 12.0. The molecule has 2 rings (SSSR count). The van der Waals surface area contributed by atoms with Crippen LogP contribution in [-0.2, 0) is 4.79 Å². The fourth-order valence-electron chi connectivity index (χ4n) is 2.04. The van der Waals surface area contributed by atoms with Crippen molar-refractivity contribution in [2.45, 2.75) is 20.3 Å². The molecule has 0 aliphatic carbocycles. The molecule has 0 aliphatic rings. The quantitative estimate of drug-likeness (QED) is 0.640. The second kappa shape index (κ2) is 8.26. The van der Waals surface area contributed by atoms with E-state index in [1.807, 2.05) is 19.1 Å². The number of halogens is 1. The third kappa shape index (κ3) is 5.21. The molecule has 0 bridgehead atoms. The number of carbonyl (C=O) groups is 2. The van der Waals surface area contributed by atoms with Crippen molar-refractivity contribution in [3.05, 3.63) is 64.7 Å². The van der Waals surface area contributed by atoms with Crippen LogP contribution in [0.4, 0.5) is 5.69 Å². The lowest BCUT2D eigenvalue weighted by atomic mass is 10.1. The number of amides is 2. The van der Waals surface area contributed by atoms with E-state index in [0.29, 0.717) is 22.0 Å². The fraction of sp³-hybridized carbons (Fsp3) is 0.167. The monoisotopic (exact) mass is 343 g/mol. The first kappa shape index (κ1) is 17.7. The Morgan fingerprint density at radius 2 is 1.75 bits per heavy atom. The average Bonchev–Trinajstić information content (AvgIpc) is 2.55. The van der Waals surface area contributed by atoms with Gasteiger partial charge in [0.1, 0.15) is 0 Å². The van der Waals surface area contributed by atoms with E-state index in [1.54, 1.807) is 43.3 Å². The predicted molar refractivity (Wildman–Crippen MR) is 96.5 cm³/mol. The Hall–Kier alpha value is -2.66. The highest BCUT2D eigenvalue weighted by molar-refractivity contribution is 6.30. The van der Waals surface area contributed by atoms with Crippen LogP contribution in [-0.4, -0.2) is 17.5 Å². The van der Waals surface area contributed by atoms with E-state index >= 15 is 0 Å². The maximum absolute atomic E-state index is 12.0. The summed E-state index contributed by atoms with van der Waals surface area (Å²) in [4.78, 5) is 24.0. The van der Waals surface area contributed by atoms with E-state index in [1.165, 1.54) is 0 Å². The number of rotatable bonds is 5. The average molecular weight is 344 g/mol. The topological polar surface area (TPSA) is 70.6 Å². The second-order valence-corrected chi connectivity index (χ2v) is 5.77. The molecule has 0 saturated heterocycles. The number of carbonyl (C=O) groups excluding carboxylic acids is 2. The maximum Gasteiger partial charge on any atom is 0.271 e. The zero-order valence-corrected chi connectivity index (χ0v) is 14.2. The minimum atomic E-state index is -0.300. The summed E-state index contributed by atoms with van der Waals surface area (Å²) in [6.07, 6.45) is 0.0800. The number of nitrogens with zero attached hydrogens (tertiary/aromatic N) is 1. The molecule has 0 spiro atoms. The van der Waals surface area contributed by atoms with E-state index in [4.69, 9.17) is 11.6 Å². The van der Waals surface area contributed by atoms with Gasteiger partial charge in [-0.1, -0.05) is 29.8 Å². The fourth-order valence-corrected chi connectivity index (χ4v) is 2.17. The van der Waals surface area contributed by atoms with E-state index in [0.717, 1.165) is 5.56 Å². The molecule has 2 aromatic carbocycles. The predicted octanol–water partition coefficient (Wildman–Crippen LogP) is 3.78. The van der Waals surface area contributed by atoms with Crippen molar-refractivity contribution in [1.82, 2.24) is 5.43 Å². The highest BCUT2D eigenvalue weighted by atomic mass is 35.5. The van der Waals surface area contributed by atoms with Crippen molar-refractivity contribution in [3.8, 4) is 0 Å². The number of hydrogen-bond acceptors (Lipinski definition) is 3. The van der Waals surface area contributed by atoms with Crippen LogP contribution in [0.1, 0.15) is 29.3 Å². The van der Waals surface area contributed by atoms with Gasteiger partial charge in [0, 0.05) is 22.0 Å². The third-order valence-electron chi connectivity index (χ3n) is 3.28.